The Morgan fingerprint density at radius 2 is 1.90 bits per heavy atom. The minimum absolute atomic E-state index is 0.140. The van der Waals surface area contributed by atoms with Crippen LogP contribution in [0.15, 0.2) is 6.20 Å². The first-order chi connectivity index (χ1) is 10.1. The van der Waals surface area contributed by atoms with Gasteiger partial charge < -0.3 is 0 Å². The van der Waals surface area contributed by atoms with E-state index in [9.17, 15) is 0 Å². The standard InChI is InChI=1S/C16H25ClN4/c1-2-21-14(13(17)9-19-21)15(20-18)16-6-10-3-11(7-16)5-12(4-10)8-16/h9-12,15,20H,2-8,18H2,1H3. The fourth-order valence-corrected chi connectivity index (χ4v) is 6.24. The van der Waals surface area contributed by atoms with E-state index in [1.165, 1.54) is 38.5 Å². The molecule has 0 aliphatic heterocycles. The Hall–Kier alpha value is -0.580. The van der Waals surface area contributed by atoms with Gasteiger partial charge in [0.1, 0.15) is 0 Å². The molecular weight excluding hydrogens is 284 g/mol. The molecule has 4 saturated carbocycles. The summed E-state index contributed by atoms with van der Waals surface area (Å²) in [6.45, 7) is 2.95. The lowest BCUT2D eigenvalue weighted by Crippen LogP contribution is -2.53. The van der Waals surface area contributed by atoms with Crippen molar-refractivity contribution in [2.24, 2.45) is 29.0 Å². The third kappa shape index (κ3) is 2.07. The van der Waals surface area contributed by atoms with Gasteiger partial charge in [-0.15, -0.1) is 0 Å². The fraction of sp³-hybridized carbons (Fsp3) is 0.812. The maximum atomic E-state index is 6.46. The van der Waals surface area contributed by atoms with Gasteiger partial charge in [0.15, 0.2) is 0 Å². The second-order valence-corrected chi connectivity index (χ2v) is 7.98. The molecule has 3 N–H and O–H groups in total. The van der Waals surface area contributed by atoms with Crippen molar-refractivity contribution < 1.29 is 0 Å². The second kappa shape index (κ2) is 4.97. The Morgan fingerprint density at radius 1 is 1.33 bits per heavy atom. The molecule has 1 aromatic heterocycles. The van der Waals surface area contributed by atoms with Gasteiger partial charge in [0.25, 0.3) is 0 Å². The van der Waals surface area contributed by atoms with Crippen LogP contribution < -0.4 is 11.3 Å². The van der Waals surface area contributed by atoms with E-state index in [-0.39, 0.29) is 6.04 Å². The zero-order chi connectivity index (χ0) is 14.6. The molecule has 1 heterocycles. The zero-order valence-corrected chi connectivity index (χ0v) is 13.4. The predicted molar refractivity (Wildman–Crippen MR) is 83.6 cm³/mol. The molecule has 0 saturated heterocycles. The Morgan fingerprint density at radius 3 is 2.38 bits per heavy atom. The first-order valence-electron chi connectivity index (χ1n) is 8.32. The summed E-state index contributed by atoms with van der Waals surface area (Å²) in [6.07, 6.45) is 10.0. The topological polar surface area (TPSA) is 55.9 Å². The molecule has 1 aromatic rings. The van der Waals surface area contributed by atoms with Crippen molar-refractivity contribution in [2.75, 3.05) is 0 Å². The number of rotatable bonds is 4. The van der Waals surface area contributed by atoms with Gasteiger partial charge in [-0.05, 0) is 68.6 Å². The van der Waals surface area contributed by atoms with Gasteiger partial charge in [0, 0.05) is 6.54 Å². The van der Waals surface area contributed by atoms with Crippen LogP contribution in [0.4, 0.5) is 0 Å². The number of hydrogen-bond donors (Lipinski definition) is 2. The summed E-state index contributed by atoms with van der Waals surface area (Å²) in [7, 11) is 0. The van der Waals surface area contributed by atoms with Crippen LogP contribution in [0.25, 0.3) is 0 Å². The number of nitrogens with zero attached hydrogens (tertiary/aromatic N) is 2. The van der Waals surface area contributed by atoms with Crippen molar-refractivity contribution in [1.29, 1.82) is 0 Å². The summed E-state index contributed by atoms with van der Waals surface area (Å²) in [5.74, 6) is 8.75. The molecule has 1 unspecified atom stereocenters. The van der Waals surface area contributed by atoms with Crippen LogP contribution in [0.3, 0.4) is 0 Å². The minimum atomic E-state index is 0.140. The zero-order valence-electron chi connectivity index (χ0n) is 12.7. The van der Waals surface area contributed by atoms with E-state index in [1.54, 1.807) is 6.20 Å². The van der Waals surface area contributed by atoms with Crippen molar-refractivity contribution in [3.8, 4) is 0 Å². The summed E-state index contributed by atoms with van der Waals surface area (Å²) in [6, 6.07) is 0.140. The lowest BCUT2D eigenvalue weighted by atomic mass is 9.47. The highest BCUT2D eigenvalue weighted by atomic mass is 35.5. The SMILES string of the molecule is CCn1ncc(Cl)c1C(NN)C12CC3CC(CC(C3)C1)C2. The third-order valence-corrected chi connectivity index (χ3v) is 6.56. The number of nitrogens with two attached hydrogens (primary N) is 1. The highest BCUT2D eigenvalue weighted by Crippen LogP contribution is 2.64. The monoisotopic (exact) mass is 308 g/mol. The van der Waals surface area contributed by atoms with Crippen molar-refractivity contribution in [2.45, 2.75) is 58.0 Å². The molecule has 21 heavy (non-hydrogen) atoms. The van der Waals surface area contributed by atoms with E-state index in [0.29, 0.717) is 5.41 Å². The molecule has 4 aliphatic rings. The number of aryl methyl sites for hydroxylation is 1. The van der Waals surface area contributed by atoms with Crippen molar-refractivity contribution in [1.82, 2.24) is 15.2 Å². The van der Waals surface area contributed by atoms with Crippen LogP contribution in [0.2, 0.25) is 5.02 Å². The molecule has 0 amide bonds. The summed E-state index contributed by atoms with van der Waals surface area (Å²) >= 11 is 6.46. The Balaban J connectivity index is 1.74. The number of aromatic nitrogens is 2. The number of halogens is 1. The number of hydrogen-bond acceptors (Lipinski definition) is 3. The van der Waals surface area contributed by atoms with Crippen LogP contribution in [0, 0.1) is 23.2 Å². The molecule has 0 radical (unpaired) electrons. The fourth-order valence-electron chi connectivity index (χ4n) is 5.99. The number of nitrogens with one attached hydrogen (secondary N) is 1. The normalized spacial score (nSPS) is 38.9. The summed E-state index contributed by atoms with van der Waals surface area (Å²) < 4.78 is 2.02. The van der Waals surface area contributed by atoms with Gasteiger partial charge in [-0.3, -0.25) is 16.0 Å². The third-order valence-electron chi connectivity index (χ3n) is 6.27. The maximum absolute atomic E-state index is 6.46. The first-order valence-corrected chi connectivity index (χ1v) is 8.70. The smallest absolute Gasteiger partial charge is 0.0834 e. The Labute approximate surface area is 131 Å². The lowest BCUT2D eigenvalue weighted by Gasteiger charge is -2.59. The first kappa shape index (κ1) is 14.0. The molecule has 1 atom stereocenters. The number of hydrazine groups is 1. The maximum Gasteiger partial charge on any atom is 0.0834 e. The van der Waals surface area contributed by atoms with Crippen molar-refractivity contribution in [3.63, 3.8) is 0 Å². The van der Waals surface area contributed by atoms with Crippen LogP contribution in [-0.4, -0.2) is 9.78 Å². The van der Waals surface area contributed by atoms with E-state index in [0.717, 1.165) is 35.0 Å². The van der Waals surface area contributed by atoms with E-state index in [2.05, 4.69) is 17.4 Å². The Kier molecular flexibility index (Phi) is 3.32. The van der Waals surface area contributed by atoms with E-state index in [4.69, 9.17) is 17.4 Å². The average Bonchev–Trinajstić information content (AvgIpc) is 2.79. The van der Waals surface area contributed by atoms with E-state index in [1.807, 2.05) is 4.68 Å². The molecule has 116 valence electrons. The summed E-state index contributed by atoms with van der Waals surface area (Å²) in [5.41, 5.74) is 4.52. The second-order valence-electron chi connectivity index (χ2n) is 7.57. The molecule has 4 nitrogen and oxygen atoms in total. The van der Waals surface area contributed by atoms with Crippen LogP contribution in [-0.2, 0) is 6.54 Å². The average molecular weight is 309 g/mol. The van der Waals surface area contributed by atoms with Gasteiger partial charge in [-0.25, -0.2) is 0 Å². The molecular formula is C16H25ClN4. The van der Waals surface area contributed by atoms with Crippen LogP contribution in [0.1, 0.15) is 57.2 Å². The van der Waals surface area contributed by atoms with E-state index < -0.39 is 0 Å². The molecule has 5 rings (SSSR count). The van der Waals surface area contributed by atoms with Gasteiger partial charge in [-0.1, -0.05) is 11.6 Å². The largest absolute Gasteiger partial charge is 0.271 e. The van der Waals surface area contributed by atoms with Gasteiger partial charge in [-0.2, -0.15) is 5.10 Å². The van der Waals surface area contributed by atoms with Gasteiger partial charge in [0.05, 0.1) is 23.0 Å². The minimum Gasteiger partial charge on any atom is -0.271 e. The molecule has 0 aromatic carbocycles. The molecule has 0 spiro atoms. The Bertz CT molecular complexity index is 503. The van der Waals surface area contributed by atoms with Gasteiger partial charge >= 0.3 is 0 Å². The van der Waals surface area contributed by atoms with Crippen molar-refractivity contribution >= 4 is 11.6 Å². The molecule has 4 fully saturated rings. The molecule has 4 aliphatic carbocycles. The van der Waals surface area contributed by atoms with Gasteiger partial charge in [0.2, 0.25) is 0 Å². The summed E-state index contributed by atoms with van der Waals surface area (Å²) in [5, 5.41) is 5.18. The van der Waals surface area contributed by atoms with Crippen LogP contribution >= 0.6 is 11.6 Å². The summed E-state index contributed by atoms with van der Waals surface area (Å²) in [4.78, 5) is 0. The quantitative estimate of drug-likeness (QED) is 0.663. The molecule has 4 bridgehead atoms. The molecule has 5 heteroatoms. The van der Waals surface area contributed by atoms with E-state index >= 15 is 0 Å². The van der Waals surface area contributed by atoms with Crippen LogP contribution in [0.5, 0.6) is 0 Å². The highest BCUT2D eigenvalue weighted by Gasteiger charge is 2.55. The lowest BCUT2D eigenvalue weighted by molar-refractivity contribution is -0.0763. The predicted octanol–water partition coefficient (Wildman–Crippen LogP) is 3.28. The van der Waals surface area contributed by atoms with Crippen molar-refractivity contribution in [3.05, 3.63) is 16.9 Å². The highest BCUT2D eigenvalue weighted by molar-refractivity contribution is 6.31.